The highest BCUT2D eigenvalue weighted by Crippen LogP contribution is 2.40. The Bertz CT molecular complexity index is 755. The number of aromatic nitrogens is 2. The molecule has 3 heterocycles. The van der Waals surface area contributed by atoms with Crippen LogP contribution in [-0.4, -0.2) is 47.0 Å². The van der Waals surface area contributed by atoms with Crippen LogP contribution in [0, 0.1) is 0 Å². The third-order valence-corrected chi connectivity index (χ3v) is 5.14. The van der Waals surface area contributed by atoms with Gasteiger partial charge in [0.2, 0.25) is 5.91 Å². The smallest absolute Gasteiger partial charge is 0.219 e. The van der Waals surface area contributed by atoms with Crippen molar-refractivity contribution in [2.45, 2.75) is 32.1 Å². The summed E-state index contributed by atoms with van der Waals surface area (Å²) in [4.78, 5) is 24.9. The second kappa shape index (κ2) is 6.82. The van der Waals surface area contributed by atoms with Gasteiger partial charge in [-0.3, -0.25) is 9.78 Å². The van der Waals surface area contributed by atoms with E-state index in [9.17, 15) is 4.79 Å². The summed E-state index contributed by atoms with van der Waals surface area (Å²) in [5, 5.41) is 0. The van der Waals surface area contributed by atoms with Gasteiger partial charge in [0.1, 0.15) is 5.82 Å². The topological polar surface area (TPSA) is 49.3 Å². The van der Waals surface area contributed by atoms with Gasteiger partial charge >= 0.3 is 0 Å². The molecule has 130 valence electrons. The molecule has 0 N–H and O–H groups in total. The molecule has 25 heavy (non-hydrogen) atoms. The third kappa shape index (κ3) is 3.65. The van der Waals surface area contributed by atoms with Crippen molar-refractivity contribution in [3.05, 3.63) is 42.2 Å². The Morgan fingerprint density at radius 3 is 2.68 bits per heavy atom. The number of carbonyl (C=O) groups excluding carboxylic acids is 1. The van der Waals surface area contributed by atoms with Crippen LogP contribution in [0.2, 0.25) is 0 Å². The quantitative estimate of drug-likeness (QED) is 0.864. The molecule has 0 aromatic carbocycles. The van der Waals surface area contributed by atoms with Crippen molar-refractivity contribution in [3.63, 3.8) is 0 Å². The van der Waals surface area contributed by atoms with E-state index in [0.29, 0.717) is 0 Å². The summed E-state index contributed by atoms with van der Waals surface area (Å²) in [6.07, 6.45) is 7.40. The Hall–Kier alpha value is -2.43. The molecule has 1 amide bonds. The lowest BCUT2D eigenvalue weighted by Gasteiger charge is -2.22. The highest BCUT2D eigenvalue weighted by molar-refractivity contribution is 5.73. The predicted molar refractivity (Wildman–Crippen MR) is 98.5 cm³/mol. The summed E-state index contributed by atoms with van der Waals surface area (Å²) < 4.78 is 0. The maximum absolute atomic E-state index is 11.6. The molecule has 1 saturated heterocycles. The van der Waals surface area contributed by atoms with E-state index in [1.807, 2.05) is 17.3 Å². The minimum absolute atomic E-state index is 0.159. The molecule has 1 aliphatic heterocycles. The zero-order chi connectivity index (χ0) is 17.2. The largest absolute Gasteiger partial charge is 0.355 e. The zero-order valence-corrected chi connectivity index (χ0v) is 14.7. The first kappa shape index (κ1) is 16.1. The van der Waals surface area contributed by atoms with E-state index in [1.54, 1.807) is 6.92 Å². The molecule has 5 nitrogen and oxygen atoms in total. The molecule has 0 radical (unpaired) electrons. The van der Waals surface area contributed by atoms with Crippen molar-refractivity contribution >= 4 is 11.7 Å². The number of rotatable bonds is 3. The molecule has 2 fully saturated rings. The predicted octanol–water partition coefficient (Wildman–Crippen LogP) is 3.08. The van der Waals surface area contributed by atoms with E-state index in [-0.39, 0.29) is 5.91 Å². The highest BCUT2D eigenvalue weighted by Gasteiger charge is 2.24. The lowest BCUT2D eigenvalue weighted by molar-refractivity contribution is -0.128. The van der Waals surface area contributed by atoms with Gasteiger partial charge in [0.05, 0.1) is 5.69 Å². The minimum atomic E-state index is 0.159. The van der Waals surface area contributed by atoms with E-state index in [4.69, 9.17) is 0 Å². The number of pyridine rings is 2. The first-order chi connectivity index (χ1) is 12.2. The Kier molecular flexibility index (Phi) is 4.38. The van der Waals surface area contributed by atoms with E-state index in [2.05, 4.69) is 39.1 Å². The molecule has 1 aliphatic carbocycles. The molecule has 5 heteroatoms. The van der Waals surface area contributed by atoms with Crippen molar-refractivity contribution < 1.29 is 4.79 Å². The van der Waals surface area contributed by atoms with E-state index in [1.165, 1.54) is 18.4 Å². The molecule has 2 aromatic rings. The van der Waals surface area contributed by atoms with Crippen molar-refractivity contribution in [2.75, 3.05) is 31.1 Å². The second-order valence-electron chi connectivity index (χ2n) is 7.00. The van der Waals surface area contributed by atoms with Crippen LogP contribution in [0.5, 0.6) is 0 Å². The normalized spacial score (nSPS) is 18.1. The molecule has 0 bridgehead atoms. The van der Waals surface area contributed by atoms with Crippen LogP contribution in [0.1, 0.15) is 37.7 Å². The fraction of sp³-hybridized carbons (Fsp3) is 0.450. The summed E-state index contributed by atoms with van der Waals surface area (Å²) in [7, 11) is 0. The zero-order valence-electron chi connectivity index (χ0n) is 14.7. The number of nitrogens with zero attached hydrogens (tertiary/aromatic N) is 4. The van der Waals surface area contributed by atoms with Gasteiger partial charge in [-0.25, -0.2) is 4.98 Å². The van der Waals surface area contributed by atoms with E-state index in [0.717, 1.165) is 55.6 Å². The number of carbonyl (C=O) groups is 1. The van der Waals surface area contributed by atoms with Crippen LogP contribution in [-0.2, 0) is 4.79 Å². The van der Waals surface area contributed by atoms with Crippen molar-refractivity contribution in [1.29, 1.82) is 0 Å². The lowest BCUT2D eigenvalue weighted by Crippen LogP contribution is -2.33. The molecule has 1 saturated carbocycles. The maximum atomic E-state index is 11.6. The lowest BCUT2D eigenvalue weighted by atomic mass is 10.1. The molecule has 0 unspecified atom stereocenters. The van der Waals surface area contributed by atoms with E-state index >= 15 is 0 Å². The van der Waals surface area contributed by atoms with Crippen LogP contribution in [0.4, 0.5) is 5.82 Å². The summed E-state index contributed by atoms with van der Waals surface area (Å²) in [5.41, 5.74) is 3.46. The van der Waals surface area contributed by atoms with Gasteiger partial charge in [-0.2, -0.15) is 0 Å². The Morgan fingerprint density at radius 2 is 1.96 bits per heavy atom. The van der Waals surface area contributed by atoms with Crippen molar-refractivity contribution in [3.8, 4) is 11.3 Å². The molecule has 4 rings (SSSR count). The maximum Gasteiger partial charge on any atom is 0.219 e. The van der Waals surface area contributed by atoms with Crippen molar-refractivity contribution in [2.24, 2.45) is 0 Å². The summed E-state index contributed by atoms with van der Waals surface area (Å²) in [6, 6.07) is 8.51. The van der Waals surface area contributed by atoms with Gasteiger partial charge in [-0.15, -0.1) is 0 Å². The highest BCUT2D eigenvalue weighted by atomic mass is 16.2. The molecule has 0 atom stereocenters. The average Bonchev–Trinajstić information content (AvgIpc) is 3.48. The van der Waals surface area contributed by atoms with Crippen LogP contribution in [0.15, 0.2) is 36.7 Å². The number of hydrogen-bond acceptors (Lipinski definition) is 4. The molecular weight excluding hydrogens is 312 g/mol. The Morgan fingerprint density at radius 1 is 1.08 bits per heavy atom. The summed E-state index contributed by atoms with van der Waals surface area (Å²) in [5.74, 6) is 1.87. The van der Waals surface area contributed by atoms with Gasteiger partial charge < -0.3 is 9.80 Å². The minimum Gasteiger partial charge on any atom is -0.355 e. The fourth-order valence-electron chi connectivity index (χ4n) is 3.46. The summed E-state index contributed by atoms with van der Waals surface area (Å²) >= 11 is 0. The fourth-order valence-corrected chi connectivity index (χ4v) is 3.46. The number of amides is 1. The second-order valence-corrected chi connectivity index (χ2v) is 7.00. The average molecular weight is 336 g/mol. The summed E-state index contributed by atoms with van der Waals surface area (Å²) in [6.45, 7) is 5.02. The molecule has 2 aromatic heterocycles. The first-order valence-corrected chi connectivity index (χ1v) is 9.13. The third-order valence-electron chi connectivity index (χ3n) is 5.14. The van der Waals surface area contributed by atoms with Gasteiger partial charge in [-0.05, 0) is 55.0 Å². The number of hydrogen-bond donors (Lipinski definition) is 0. The van der Waals surface area contributed by atoms with E-state index < -0.39 is 0 Å². The SMILES string of the molecule is CC(=O)N1CCCN(c2ccc(-c3cc(C4CC4)ccn3)cn2)CC1. The molecule has 0 spiro atoms. The van der Waals surface area contributed by atoms with Crippen LogP contribution in [0.25, 0.3) is 11.3 Å². The van der Waals surface area contributed by atoms with Gasteiger partial charge in [0, 0.05) is 51.1 Å². The Balaban J connectivity index is 1.48. The monoisotopic (exact) mass is 336 g/mol. The molecular formula is C20H24N4O. The van der Waals surface area contributed by atoms with Crippen LogP contribution in [0.3, 0.4) is 0 Å². The van der Waals surface area contributed by atoms with Crippen LogP contribution >= 0.6 is 0 Å². The molecule has 2 aliphatic rings. The number of anilines is 1. The Labute approximate surface area is 148 Å². The first-order valence-electron chi connectivity index (χ1n) is 9.13. The van der Waals surface area contributed by atoms with Gasteiger partial charge in [0.15, 0.2) is 0 Å². The van der Waals surface area contributed by atoms with Gasteiger partial charge in [0.25, 0.3) is 0 Å². The van der Waals surface area contributed by atoms with Crippen molar-refractivity contribution in [1.82, 2.24) is 14.9 Å². The standard InChI is InChI=1S/C20H24N4O/c1-15(25)23-9-2-10-24(12-11-23)20-6-5-18(14-22-20)19-13-17(7-8-21-19)16-3-4-16/h5-8,13-14,16H,2-4,9-12H2,1H3. The van der Waals surface area contributed by atoms with Gasteiger partial charge in [-0.1, -0.05) is 0 Å². The van der Waals surface area contributed by atoms with Crippen LogP contribution < -0.4 is 4.90 Å².